The second-order valence-corrected chi connectivity index (χ2v) is 4.47. The molecule has 0 saturated heterocycles. The number of hydrogen-bond donors (Lipinski definition) is 0. The molecular formula is C15H13NO. The van der Waals surface area contributed by atoms with Gasteiger partial charge in [-0.2, -0.15) is 0 Å². The van der Waals surface area contributed by atoms with Gasteiger partial charge in [-0.3, -0.25) is 9.78 Å². The Hall–Kier alpha value is -1.96. The fraction of sp³-hybridized carbons (Fsp3) is 0.200. The Labute approximate surface area is 100 Å². The van der Waals surface area contributed by atoms with Crippen molar-refractivity contribution in [2.75, 3.05) is 0 Å². The third-order valence-electron chi connectivity index (χ3n) is 3.38. The molecule has 1 aliphatic carbocycles. The molecule has 2 nitrogen and oxygen atoms in total. The van der Waals surface area contributed by atoms with Gasteiger partial charge in [0.1, 0.15) is 0 Å². The van der Waals surface area contributed by atoms with Crippen LogP contribution in [-0.4, -0.2) is 10.8 Å². The Bertz CT molecular complexity index is 548. The van der Waals surface area contributed by atoms with E-state index in [1.807, 2.05) is 24.3 Å². The van der Waals surface area contributed by atoms with Crippen molar-refractivity contribution >= 4 is 5.78 Å². The molecular weight excluding hydrogens is 210 g/mol. The molecule has 0 aliphatic heterocycles. The van der Waals surface area contributed by atoms with Crippen LogP contribution in [0, 0.1) is 0 Å². The Morgan fingerprint density at radius 3 is 2.71 bits per heavy atom. The number of aromatic nitrogens is 1. The van der Waals surface area contributed by atoms with Crippen molar-refractivity contribution in [1.82, 2.24) is 4.98 Å². The van der Waals surface area contributed by atoms with Crippen molar-refractivity contribution < 1.29 is 4.79 Å². The summed E-state index contributed by atoms with van der Waals surface area (Å²) in [6.07, 6.45) is 4.99. The van der Waals surface area contributed by atoms with Gasteiger partial charge in [0.2, 0.25) is 0 Å². The number of nitrogens with zero attached hydrogens (tertiary/aromatic N) is 1. The minimum Gasteiger partial charge on any atom is -0.294 e. The molecule has 0 bridgehead atoms. The Kier molecular flexibility index (Phi) is 2.48. The maximum atomic E-state index is 12.0. The van der Waals surface area contributed by atoms with E-state index in [9.17, 15) is 4.79 Å². The number of hydrogen-bond acceptors (Lipinski definition) is 2. The number of ketones is 1. The van der Waals surface area contributed by atoms with E-state index in [2.05, 4.69) is 17.1 Å². The van der Waals surface area contributed by atoms with Crippen molar-refractivity contribution in [3.63, 3.8) is 0 Å². The summed E-state index contributed by atoms with van der Waals surface area (Å²) in [5.74, 6) is 0.534. The highest BCUT2D eigenvalue weighted by molar-refractivity contribution is 5.98. The van der Waals surface area contributed by atoms with E-state index in [4.69, 9.17) is 0 Å². The molecule has 1 aliphatic rings. The van der Waals surface area contributed by atoms with Gasteiger partial charge in [0.15, 0.2) is 5.78 Å². The topological polar surface area (TPSA) is 30.0 Å². The van der Waals surface area contributed by atoms with Crippen LogP contribution < -0.4 is 0 Å². The van der Waals surface area contributed by atoms with E-state index in [1.165, 1.54) is 5.56 Å². The summed E-state index contributed by atoms with van der Waals surface area (Å²) in [5, 5.41) is 0. The lowest BCUT2D eigenvalue weighted by Crippen LogP contribution is -2.18. The van der Waals surface area contributed by atoms with Gasteiger partial charge in [0, 0.05) is 24.4 Å². The number of rotatable bonds is 1. The molecule has 0 amide bonds. The van der Waals surface area contributed by atoms with Gasteiger partial charge in [-0.05, 0) is 29.5 Å². The smallest absolute Gasteiger partial charge is 0.165 e. The van der Waals surface area contributed by atoms with Crippen molar-refractivity contribution in [2.45, 2.75) is 18.8 Å². The summed E-state index contributed by atoms with van der Waals surface area (Å²) in [4.78, 5) is 16.1. The number of pyridine rings is 1. The van der Waals surface area contributed by atoms with Gasteiger partial charge in [0.25, 0.3) is 0 Å². The van der Waals surface area contributed by atoms with Gasteiger partial charge in [-0.1, -0.05) is 30.3 Å². The van der Waals surface area contributed by atoms with Crippen LogP contribution in [0.1, 0.15) is 33.8 Å². The first-order chi connectivity index (χ1) is 8.34. The first-order valence-electron chi connectivity index (χ1n) is 5.85. The minimum atomic E-state index is 0.216. The predicted molar refractivity (Wildman–Crippen MR) is 66.1 cm³/mol. The van der Waals surface area contributed by atoms with Crippen LogP contribution in [0.25, 0.3) is 0 Å². The number of carbonyl (C=O) groups is 1. The van der Waals surface area contributed by atoms with Crippen LogP contribution in [0.3, 0.4) is 0 Å². The molecule has 1 atom stereocenters. The van der Waals surface area contributed by atoms with E-state index in [1.54, 1.807) is 12.4 Å². The molecule has 0 radical (unpaired) electrons. The number of fused-ring (bicyclic) bond motifs is 1. The summed E-state index contributed by atoms with van der Waals surface area (Å²) in [6.45, 7) is 0. The van der Waals surface area contributed by atoms with Crippen LogP contribution in [0.15, 0.2) is 48.8 Å². The second kappa shape index (κ2) is 4.13. The highest BCUT2D eigenvalue weighted by Crippen LogP contribution is 2.31. The van der Waals surface area contributed by atoms with E-state index in [0.29, 0.717) is 12.3 Å². The zero-order valence-corrected chi connectivity index (χ0v) is 9.47. The zero-order chi connectivity index (χ0) is 11.7. The number of carbonyl (C=O) groups excluding carboxylic acids is 1. The predicted octanol–water partition coefficient (Wildman–Crippen LogP) is 2.99. The molecule has 0 spiro atoms. The molecule has 84 valence electrons. The van der Waals surface area contributed by atoms with E-state index >= 15 is 0 Å². The standard InChI is InChI=1S/C15H13NO/c17-15-9-13(11-4-2-1-3-5-11)8-12-6-7-16-10-14(12)15/h1-7,10,13H,8-9H2/t13-/m0/s1. The van der Waals surface area contributed by atoms with Crippen LogP contribution in [-0.2, 0) is 6.42 Å². The average Bonchev–Trinajstić information content (AvgIpc) is 2.40. The molecule has 1 aromatic carbocycles. The first-order valence-corrected chi connectivity index (χ1v) is 5.85. The summed E-state index contributed by atoms with van der Waals surface area (Å²) >= 11 is 0. The summed E-state index contributed by atoms with van der Waals surface area (Å²) in [6, 6.07) is 12.2. The van der Waals surface area contributed by atoms with Crippen LogP contribution in [0.2, 0.25) is 0 Å². The third-order valence-corrected chi connectivity index (χ3v) is 3.38. The fourth-order valence-electron chi connectivity index (χ4n) is 2.48. The molecule has 1 heterocycles. The molecule has 0 saturated carbocycles. The number of Topliss-reactive ketones (excluding diaryl/α,β-unsaturated/α-hetero) is 1. The Morgan fingerprint density at radius 1 is 1.06 bits per heavy atom. The summed E-state index contributed by atoms with van der Waals surface area (Å²) < 4.78 is 0. The fourth-order valence-corrected chi connectivity index (χ4v) is 2.48. The quantitative estimate of drug-likeness (QED) is 0.744. The largest absolute Gasteiger partial charge is 0.294 e. The lowest BCUT2D eigenvalue weighted by molar-refractivity contribution is 0.0964. The number of benzene rings is 1. The maximum Gasteiger partial charge on any atom is 0.165 e. The van der Waals surface area contributed by atoms with E-state index in [-0.39, 0.29) is 5.78 Å². The molecule has 2 heteroatoms. The highest BCUT2D eigenvalue weighted by Gasteiger charge is 2.25. The van der Waals surface area contributed by atoms with Gasteiger partial charge >= 0.3 is 0 Å². The molecule has 2 aromatic rings. The van der Waals surface area contributed by atoms with Crippen molar-refractivity contribution in [1.29, 1.82) is 0 Å². The molecule has 3 rings (SSSR count). The van der Waals surface area contributed by atoms with Gasteiger partial charge < -0.3 is 0 Å². The van der Waals surface area contributed by atoms with Crippen LogP contribution >= 0.6 is 0 Å². The van der Waals surface area contributed by atoms with Crippen LogP contribution in [0.4, 0.5) is 0 Å². The van der Waals surface area contributed by atoms with Crippen molar-refractivity contribution in [3.8, 4) is 0 Å². The monoisotopic (exact) mass is 223 g/mol. The molecule has 0 N–H and O–H groups in total. The second-order valence-electron chi connectivity index (χ2n) is 4.47. The van der Waals surface area contributed by atoms with Gasteiger partial charge in [0.05, 0.1) is 0 Å². The van der Waals surface area contributed by atoms with Crippen molar-refractivity contribution in [2.24, 2.45) is 0 Å². The average molecular weight is 223 g/mol. The molecule has 0 fully saturated rings. The Morgan fingerprint density at radius 2 is 1.88 bits per heavy atom. The van der Waals surface area contributed by atoms with Gasteiger partial charge in [-0.15, -0.1) is 0 Å². The highest BCUT2D eigenvalue weighted by atomic mass is 16.1. The first kappa shape index (κ1) is 10.2. The zero-order valence-electron chi connectivity index (χ0n) is 9.47. The third kappa shape index (κ3) is 1.86. The Balaban J connectivity index is 1.97. The van der Waals surface area contributed by atoms with E-state index in [0.717, 1.165) is 17.5 Å². The lowest BCUT2D eigenvalue weighted by atomic mass is 9.80. The molecule has 1 aromatic heterocycles. The van der Waals surface area contributed by atoms with Crippen molar-refractivity contribution in [3.05, 3.63) is 65.5 Å². The summed E-state index contributed by atoms with van der Waals surface area (Å²) in [5.41, 5.74) is 3.19. The van der Waals surface area contributed by atoms with Crippen LogP contribution in [0.5, 0.6) is 0 Å². The maximum absolute atomic E-state index is 12.0. The minimum absolute atomic E-state index is 0.216. The lowest BCUT2D eigenvalue weighted by Gasteiger charge is -2.23. The molecule has 0 unspecified atom stereocenters. The van der Waals surface area contributed by atoms with Gasteiger partial charge in [-0.25, -0.2) is 0 Å². The summed E-state index contributed by atoms with van der Waals surface area (Å²) in [7, 11) is 0. The normalized spacial score (nSPS) is 18.8. The molecule has 17 heavy (non-hydrogen) atoms. The SMILES string of the molecule is O=C1C[C@@H](c2ccccc2)Cc2ccncc21. The van der Waals surface area contributed by atoms with E-state index < -0.39 is 0 Å².